The average molecular weight is 373 g/mol. The Morgan fingerprint density at radius 3 is 2.53 bits per heavy atom. The molecular formula is C12H16BrClFNO2S. The molecule has 0 aromatic heterocycles. The molecule has 0 spiro atoms. The molecule has 1 aromatic rings. The molecule has 19 heavy (non-hydrogen) atoms. The molecule has 3 nitrogen and oxygen atoms in total. The van der Waals surface area contributed by atoms with Gasteiger partial charge in [-0.3, -0.25) is 0 Å². The zero-order valence-electron chi connectivity index (χ0n) is 10.9. The van der Waals surface area contributed by atoms with Gasteiger partial charge in [-0.25, -0.2) is 12.8 Å². The lowest BCUT2D eigenvalue weighted by atomic mass is 10.0. The van der Waals surface area contributed by atoms with Crippen LogP contribution in [0.2, 0.25) is 5.02 Å². The van der Waals surface area contributed by atoms with Gasteiger partial charge in [0.05, 0.1) is 16.3 Å². The Morgan fingerprint density at radius 2 is 2.05 bits per heavy atom. The van der Waals surface area contributed by atoms with E-state index in [9.17, 15) is 12.8 Å². The second kappa shape index (κ2) is 6.52. The van der Waals surface area contributed by atoms with Gasteiger partial charge in [-0.15, -0.1) is 0 Å². The summed E-state index contributed by atoms with van der Waals surface area (Å²) in [5, 5.41) is 2.21. The molecule has 0 fully saturated rings. The Labute approximate surface area is 126 Å². The van der Waals surface area contributed by atoms with Crippen molar-refractivity contribution in [2.24, 2.45) is 0 Å². The molecule has 1 rings (SSSR count). The van der Waals surface area contributed by atoms with Crippen LogP contribution in [0.15, 0.2) is 16.6 Å². The summed E-state index contributed by atoms with van der Waals surface area (Å²) in [4.78, 5) is 0. The first kappa shape index (κ1) is 16.9. The highest BCUT2D eigenvalue weighted by molar-refractivity contribution is 9.10. The van der Waals surface area contributed by atoms with Gasteiger partial charge < -0.3 is 5.32 Å². The molecule has 2 atom stereocenters. The van der Waals surface area contributed by atoms with E-state index in [0.717, 1.165) is 6.26 Å². The van der Waals surface area contributed by atoms with Gasteiger partial charge >= 0.3 is 0 Å². The van der Waals surface area contributed by atoms with Gasteiger partial charge in [-0.2, -0.15) is 0 Å². The molecule has 1 N–H and O–H groups in total. The minimum atomic E-state index is -3.30. The summed E-state index contributed by atoms with van der Waals surface area (Å²) in [5.41, 5.74) is 0.257. The molecule has 7 heteroatoms. The lowest BCUT2D eigenvalue weighted by Crippen LogP contribution is -2.35. The highest BCUT2D eigenvalue weighted by Crippen LogP contribution is 2.32. The summed E-state index contributed by atoms with van der Waals surface area (Å²) >= 11 is 8.98. The first-order chi connectivity index (χ1) is 8.70. The number of sulfone groups is 1. The van der Waals surface area contributed by atoms with Crippen molar-refractivity contribution in [1.29, 1.82) is 0 Å². The maximum absolute atomic E-state index is 14.2. The summed E-state index contributed by atoms with van der Waals surface area (Å²) in [6.45, 7) is 3.91. The van der Waals surface area contributed by atoms with Crippen LogP contribution in [-0.4, -0.2) is 26.5 Å². The van der Waals surface area contributed by atoms with Crippen molar-refractivity contribution >= 4 is 37.4 Å². The molecule has 0 saturated heterocycles. The Morgan fingerprint density at radius 1 is 1.47 bits per heavy atom. The van der Waals surface area contributed by atoms with E-state index in [-0.39, 0.29) is 10.6 Å². The standard InChI is InChI=1S/C12H16BrClFNO2S/c1-4-16-12(7(2)19(3,17)18)8-5-6-9(13)10(14)11(8)15/h5-7,12,16H,4H2,1-3H3. The van der Waals surface area contributed by atoms with Crippen LogP contribution < -0.4 is 5.32 Å². The van der Waals surface area contributed by atoms with Gasteiger partial charge in [0, 0.05) is 16.3 Å². The third-order valence-electron chi connectivity index (χ3n) is 2.97. The van der Waals surface area contributed by atoms with Gasteiger partial charge in [0.25, 0.3) is 0 Å². The molecule has 0 bridgehead atoms. The van der Waals surface area contributed by atoms with Crippen LogP contribution in [0.4, 0.5) is 4.39 Å². The van der Waals surface area contributed by atoms with E-state index in [2.05, 4.69) is 21.2 Å². The fourth-order valence-electron chi connectivity index (χ4n) is 1.78. The molecule has 0 amide bonds. The number of hydrogen-bond acceptors (Lipinski definition) is 3. The minimum Gasteiger partial charge on any atom is -0.309 e. The first-order valence-electron chi connectivity index (χ1n) is 5.75. The Kier molecular flexibility index (Phi) is 5.79. The van der Waals surface area contributed by atoms with Crippen LogP contribution in [0.25, 0.3) is 0 Å². The van der Waals surface area contributed by atoms with Crippen molar-refractivity contribution in [1.82, 2.24) is 5.32 Å². The van der Waals surface area contributed by atoms with E-state index in [1.54, 1.807) is 19.1 Å². The largest absolute Gasteiger partial charge is 0.309 e. The zero-order chi connectivity index (χ0) is 14.8. The smallest absolute Gasteiger partial charge is 0.151 e. The predicted octanol–water partition coefficient (Wildman–Crippen LogP) is 3.33. The Bertz CT molecular complexity index is 565. The number of hydrogen-bond donors (Lipinski definition) is 1. The Balaban J connectivity index is 3.32. The third-order valence-corrected chi connectivity index (χ3v) is 5.85. The normalized spacial score (nSPS) is 15.3. The van der Waals surface area contributed by atoms with Crippen LogP contribution in [-0.2, 0) is 9.84 Å². The van der Waals surface area contributed by atoms with Gasteiger partial charge in [0.1, 0.15) is 5.82 Å². The van der Waals surface area contributed by atoms with Crippen LogP contribution in [0.1, 0.15) is 25.5 Å². The second-order valence-corrected chi connectivity index (χ2v) is 7.97. The summed E-state index contributed by atoms with van der Waals surface area (Å²) in [5.74, 6) is -0.600. The molecule has 0 aliphatic rings. The van der Waals surface area contributed by atoms with Gasteiger partial charge in [-0.1, -0.05) is 24.6 Å². The highest BCUT2D eigenvalue weighted by Gasteiger charge is 2.29. The maximum atomic E-state index is 14.2. The summed E-state index contributed by atoms with van der Waals surface area (Å²) in [6, 6.07) is 2.52. The van der Waals surface area contributed by atoms with Crippen molar-refractivity contribution in [3.63, 3.8) is 0 Å². The molecule has 0 aliphatic carbocycles. The van der Waals surface area contributed by atoms with E-state index in [1.165, 1.54) is 0 Å². The van der Waals surface area contributed by atoms with Gasteiger partial charge in [0.2, 0.25) is 0 Å². The monoisotopic (exact) mass is 371 g/mol. The zero-order valence-corrected chi connectivity index (χ0v) is 14.0. The molecule has 0 aliphatic heterocycles. The number of nitrogens with one attached hydrogen (secondary N) is 1. The highest BCUT2D eigenvalue weighted by atomic mass is 79.9. The summed E-state index contributed by atoms with van der Waals surface area (Å²) in [7, 11) is -3.30. The van der Waals surface area contributed by atoms with E-state index >= 15 is 0 Å². The molecule has 2 unspecified atom stereocenters. The van der Waals surface area contributed by atoms with Crippen molar-refractivity contribution < 1.29 is 12.8 Å². The fraction of sp³-hybridized carbons (Fsp3) is 0.500. The van der Waals surface area contributed by atoms with Crippen LogP contribution in [0, 0.1) is 5.82 Å². The minimum absolute atomic E-state index is 0.0406. The number of halogens is 3. The number of rotatable bonds is 5. The molecule has 0 heterocycles. The van der Waals surface area contributed by atoms with Crippen LogP contribution >= 0.6 is 27.5 Å². The predicted molar refractivity (Wildman–Crippen MR) is 79.8 cm³/mol. The maximum Gasteiger partial charge on any atom is 0.151 e. The molecule has 0 radical (unpaired) electrons. The van der Waals surface area contributed by atoms with E-state index in [0.29, 0.717) is 11.0 Å². The molecule has 1 aromatic carbocycles. The summed E-state index contributed by atoms with van der Waals surface area (Å²) < 4.78 is 38.0. The van der Waals surface area contributed by atoms with Crippen molar-refractivity contribution in [2.75, 3.05) is 12.8 Å². The van der Waals surface area contributed by atoms with Gasteiger partial charge in [0.15, 0.2) is 9.84 Å². The lowest BCUT2D eigenvalue weighted by molar-refractivity contribution is 0.488. The Hall–Kier alpha value is -0.170. The third kappa shape index (κ3) is 3.90. The molecular weight excluding hydrogens is 357 g/mol. The van der Waals surface area contributed by atoms with E-state index in [1.807, 2.05) is 6.92 Å². The van der Waals surface area contributed by atoms with Crippen molar-refractivity contribution in [3.8, 4) is 0 Å². The van der Waals surface area contributed by atoms with E-state index < -0.39 is 26.9 Å². The van der Waals surface area contributed by atoms with Crippen LogP contribution in [0.5, 0.6) is 0 Å². The lowest BCUT2D eigenvalue weighted by Gasteiger charge is -2.24. The average Bonchev–Trinajstić information content (AvgIpc) is 2.32. The van der Waals surface area contributed by atoms with Crippen LogP contribution in [0.3, 0.4) is 0 Å². The molecule has 0 saturated carbocycles. The second-order valence-electron chi connectivity index (χ2n) is 4.33. The quantitative estimate of drug-likeness (QED) is 0.807. The van der Waals surface area contributed by atoms with Crippen molar-refractivity contribution in [2.45, 2.75) is 25.1 Å². The molecule has 108 valence electrons. The van der Waals surface area contributed by atoms with Gasteiger partial charge in [-0.05, 0) is 35.5 Å². The fourth-order valence-corrected chi connectivity index (χ4v) is 2.99. The van der Waals surface area contributed by atoms with E-state index in [4.69, 9.17) is 11.6 Å². The number of benzene rings is 1. The summed E-state index contributed by atoms with van der Waals surface area (Å²) in [6.07, 6.45) is 1.14. The van der Waals surface area contributed by atoms with Crippen molar-refractivity contribution in [3.05, 3.63) is 33.0 Å². The first-order valence-corrected chi connectivity index (χ1v) is 8.88. The SMILES string of the molecule is CCNC(c1ccc(Br)c(Cl)c1F)C(C)S(C)(=O)=O. The topological polar surface area (TPSA) is 46.2 Å².